The highest BCUT2D eigenvalue weighted by atomic mass is 19.1. The molecule has 0 unspecified atom stereocenters. The first-order chi connectivity index (χ1) is 15.0. The molecule has 8 heteroatoms. The third-order valence-electron chi connectivity index (χ3n) is 5.41. The van der Waals surface area contributed by atoms with Crippen LogP contribution in [0.1, 0.15) is 43.9 Å². The summed E-state index contributed by atoms with van der Waals surface area (Å²) in [4.78, 5) is 23.2. The predicted molar refractivity (Wildman–Crippen MR) is 117 cm³/mol. The Morgan fingerprint density at radius 2 is 1.75 bits per heavy atom. The normalized spacial score (nSPS) is 14.9. The van der Waals surface area contributed by atoms with Crippen molar-refractivity contribution in [3.63, 3.8) is 0 Å². The van der Waals surface area contributed by atoms with Crippen LogP contribution in [0.4, 0.5) is 8.78 Å². The quantitative estimate of drug-likeness (QED) is 0.424. The number of hydrogen-bond acceptors (Lipinski definition) is 4. The first kappa shape index (κ1) is 25.4. The summed E-state index contributed by atoms with van der Waals surface area (Å²) in [6, 6.07) is 9.74. The second kappa shape index (κ2) is 11.2. The van der Waals surface area contributed by atoms with Crippen molar-refractivity contribution in [2.75, 3.05) is 6.54 Å². The number of carboxylic acids is 1. The van der Waals surface area contributed by atoms with Crippen LogP contribution >= 0.6 is 0 Å². The lowest BCUT2D eigenvalue weighted by Gasteiger charge is -2.33. The molecule has 0 aliphatic heterocycles. The number of aliphatic hydroxyl groups is 1. The Balaban J connectivity index is 2.22. The second-order valence-electron chi connectivity index (χ2n) is 8.19. The molecule has 6 nitrogen and oxygen atoms in total. The highest BCUT2D eigenvalue weighted by Gasteiger charge is 2.31. The summed E-state index contributed by atoms with van der Waals surface area (Å²) in [5, 5.41) is 26.0. The van der Waals surface area contributed by atoms with Crippen molar-refractivity contribution in [3.8, 4) is 0 Å². The molecule has 0 aromatic heterocycles. The number of hydrogen-bond donors (Lipinski definition) is 4. The van der Waals surface area contributed by atoms with E-state index in [0.717, 1.165) is 35.7 Å². The van der Waals surface area contributed by atoms with E-state index in [1.165, 1.54) is 6.92 Å². The molecule has 2 rings (SSSR count). The molecule has 0 radical (unpaired) electrons. The van der Waals surface area contributed by atoms with Crippen molar-refractivity contribution < 1.29 is 28.6 Å². The average Bonchev–Trinajstić information content (AvgIpc) is 2.70. The zero-order chi connectivity index (χ0) is 23.9. The molecule has 0 heterocycles. The predicted octanol–water partition coefficient (Wildman–Crippen LogP) is 2.92. The second-order valence-corrected chi connectivity index (χ2v) is 8.19. The van der Waals surface area contributed by atoms with Crippen molar-refractivity contribution in [1.82, 2.24) is 10.6 Å². The van der Waals surface area contributed by atoms with Gasteiger partial charge in [-0.2, -0.15) is 0 Å². The Morgan fingerprint density at radius 3 is 2.31 bits per heavy atom. The summed E-state index contributed by atoms with van der Waals surface area (Å²) in [5.41, 5.74) is 1.11. The Hall–Kier alpha value is -2.84. The Labute approximate surface area is 186 Å². The zero-order valence-electron chi connectivity index (χ0n) is 18.5. The molecule has 0 spiro atoms. The highest BCUT2D eigenvalue weighted by molar-refractivity contribution is 5.73. The smallest absolute Gasteiger partial charge is 0.305 e. The lowest BCUT2D eigenvalue weighted by atomic mass is 9.86. The summed E-state index contributed by atoms with van der Waals surface area (Å²) in [7, 11) is 0. The molecule has 1 amide bonds. The maximum absolute atomic E-state index is 13.6. The van der Waals surface area contributed by atoms with E-state index in [9.17, 15) is 28.6 Å². The monoisotopic (exact) mass is 448 g/mol. The number of halogens is 2. The van der Waals surface area contributed by atoms with E-state index in [2.05, 4.69) is 10.6 Å². The van der Waals surface area contributed by atoms with Gasteiger partial charge in [0.25, 0.3) is 0 Å². The van der Waals surface area contributed by atoms with E-state index in [1.54, 1.807) is 6.92 Å². The molecule has 0 bridgehead atoms. The van der Waals surface area contributed by atoms with Crippen LogP contribution in [0.15, 0.2) is 42.5 Å². The molecule has 0 fully saturated rings. The van der Waals surface area contributed by atoms with Crippen LogP contribution < -0.4 is 10.6 Å². The van der Waals surface area contributed by atoms with E-state index in [0.29, 0.717) is 0 Å². The summed E-state index contributed by atoms with van der Waals surface area (Å²) in [6.07, 6.45) is -0.591. The third kappa shape index (κ3) is 7.39. The molecule has 0 saturated heterocycles. The largest absolute Gasteiger partial charge is 0.481 e. The number of carbonyl (C=O) groups is 2. The topological polar surface area (TPSA) is 98.7 Å². The van der Waals surface area contributed by atoms with Crippen LogP contribution in [0.25, 0.3) is 0 Å². The SMILES string of the molecule is CCc1cccc([C@@](C)(CC(=O)O)NC[C@@H](O)[C@H](Cc2cc(F)cc(F)c2)NC(C)=O)c1. The minimum absolute atomic E-state index is 0.00191. The lowest BCUT2D eigenvalue weighted by molar-refractivity contribution is -0.138. The molecule has 2 aromatic carbocycles. The molecule has 4 N–H and O–H groups in total. The fourth-order valence-electron chi connectivity index (χ4n) is 3.70. The number of benzene rings is 2. The zero-order valence-corrected chi connectivity index (χ0v) is 18.5. The minimum Gasteiger partial charge on any atom is -0.481 e. The fraction of sp³-hybridized carbons (Fsp3) is 0.417. The van der Waals surface area contributed by atoms with E-state index in [-0.39, 0.29) is 24.9 Å². The molecular formula is C24H30F2N2O4. The number of aliphatic hydroxyl groups excluding tert-OH is 1. The van der Waals surface area contributed by atoms with Crippen molar-refractivity contribution in [3.05, 3.63) is 70.8 Å². The minimum atomic E-state index is -1.15. The van der Waals surface area contributed by atoms with Gasteiger partial charge < -0.3 is 20.8 Å². The number of carbonyl (C=O) groups excluding carboxylic acids is 1. The van der Waals surface area contributed by atoms with E-state index >= 15 is 0 Å². The highest BCUT2D eigenvalue weighted by Crippen LogP contribution is 2.26. The molecule has 0 aliphatic rings. The summed E-state index contributed by atoms with van der Waals surface area (Å²) < 4.78 is 27.1. The van der Waals surface area contributed by atoms with Gasteiger partial charge in [-0.05, 0) is 48.6 Å². The standard InChI is InChI=1S/C24H30F2N2O4/c1-4-16-6-5-7-18(8-16)24(3,13-23(31)32)27-14-22(30)21(28-15(2)29)11-17-9-19(25)12-20(26)10-17/h5-10,12,21-22,27,30H,4,11,13-14H2,1-3H3,(H,28,29)(H,31,32)/t21-,22+,24+/m0/s1. The number of carboxylic acid groups (broad SMARTS) is 1. The van der Waals surface area contributed by atoms with Crippen LogP contribution in [0.5, 0.6) is 0 Å². The maximum atomic E-state index is 13.6. The van der Waals surface area contributed by atoms with Crippen LogP contribution in [-0.4, -0.2) is 40.8 Å². The Bertz CT molecular complexity index is 933. The number of aryl methyl sites for hydroxylation is 1. The molecule has 32 heavy (non-hydrogen) atoms. The van der Waals surface area contributed by atoms with Crippen molar-refractivity contribution in [1.29, 1.82) is 0 Å². The molecule has 0 saturated carbocycles. The van der Waals surface area contributed by atoms with Gasteiger partial charge in [-0.25, -0.2) is 8.78 Å². The van der Waals surface area contributed by atoms with Gasteiger partial charge in [0.2, 0.25) is 5.91 Å². The molecule has 0 aliphatic carbocycles. The van der Waals surface area contributed by atoms with Crippen LogP contribution in [-0.2, 0) is 28.0 Å². The van der Waals surface area contributed by atoms with E-state index in [4.69, 9.17) is 0 Å². The molecular weight excluding hydrogens is 418 g/mol. The fourth-order valence-corrected chi connectivity index (χ4v) is 3.70. The molecule has 174 valence electrons. The van der Waals surface area contributed by atoms with Gasteiger partial charge in [-0.15, -0.1) is 0 Å². The van der Waals surface area contributed by atoms with Crippen molar-refractivity contribution in [2.45, 2.75) is 57.7 Å². The number of amides is 1. The number of nitrogens with one attached hydrogen (secondary N) is 2. The number of aliphatic carboxylic acids is 1. The van der Waals surface area contributed by atoms with E-state index < -0.39 is 41.2 Å². The van der Waals surface area contributed by atoms with Gasteiger partial charge in [0.15, 0.2) is 0 Å². The average molecular weight is 449 g/mol. The van der Waals surface area contributed by atoms with Crippen molar-refractivity contribution in [2.24, 2.45) is 0 Å². The van der Waals surface area contributed by atoms with Gasteiger partial charge in [0.05, 0.1) is 24.1 Å². The summed E-state index contributed by atoms with van der Waals surface area (Å²) >= 11 is 0. The molecule has 3 atom stereocenters. The van der Waals surface area contributed by atoms with Gasteiger partial charge in [-0.1, -0.05) is 31.2 Å². The van der Waals surface area contributed by atoms with Crippen LogP contribution in [0.3, 0.4) is 0 Å². The van der Waals surface area contributed by atoms with Gasteiger partial charge in [0.1, 0.15) is 11.6 Å². The summed E-state index contributed by atoms with van der Waals surface area (Å²) in [5.74, 6) is -2.92. The van der Waals surface area contributed by atoms with Crippen molar-refractivity contribution >= 4 is 11.9 Å². The van der Waals surface area contributed by atoms with Crippen LogP contribution in [0.2, 0.25) is 0 Å². The first-order valence-corrected chi connectivity index (χ1v) is 10.5. The van der Waals surface area contributed by atoms with E-state index in [1.807, 2.05) is 31.2 Å². The van der Waals surface area contributed by atoms with Gasteiger partial charge in [-0.3, -0.25) is 9.59 Å². The lowest BCUT2D eigenvalue weighted by Crippen LogP contribution is -2.52. The first-order valence-electron chi connectivity index (χ1n) is 10.5. The Kier molecular flexibility index (Phi) is 8.86. The van der Waals surface area contributed by atoms with Gasteiger partial charge >= 0.3 is 5.97 Å². The third-order valence-corrected chi connectivity index (χ3v) is 5.41. The summed E-state index contributed by atoms with van der Waals surface area (Å²) in [6.45, 7) is 4.96. The maximum Gasteiger partial charge on any atom is 0.305 e. The number of rotatable bonds is 11. The van der Waals surface area contributed by atoms with Gasteiger partial charge in [0, 0.05) is 19.5 Å². The molecule has 2 aromatic rings. The van der Waals surface area contributed by atoms with Crippen LogP contribution in [0, 0.1) is 11.6 Å². The Morgan fingerprint density at radius 1 is 1.09 bits per heavy atom.